The maximum Gasteiger partial charge on any atom is 0.434 e. The molecule has 4 rings (SSSR count). The van der Waals surface area contributed by atoms with Gasteiger partial charge in [0.1, 0.15) is 11.6 Å². The highest BCUT2D eigenvalue weighted by Crippen LogP contribution is 2.38. The summed E-state index contributed by atoms with van der Waals surface area (Å²) in [5, 5.41) is 1.76. The largest absolute Gasteiger partial charge is 0.497 e. The number of carbonyl (C=O) groups is 1. The zero-order valence-electron chi connectivity index (χ0n) is 16.6. The molecule has 0 atom stereocenters. The second-order valence-corrected chi connectivity index (χ2v) is 6.72. The zero-order valence-corrected chi connectivity index (χ0v) is 16.6. The van der Waals surface area contributed by atoms with Crippen molar-refractivity contribution in [2.45, 2.75) is 6.18 Å². The number of methoxy groups -OCH3 is 2. The SMILES string of the molecule is COC(=O)c1nc(-c2ccc3ccccc3c2)n(-c2ccc(OC)cc2)c1C(F)(F)F. The Labute approximate surface area is 175 Å². The molecule has 0 amide bonds. The molecule has 0 aliphatic carbocycles. The molecule has 4 aromatic rings. The number of carbonyl (C=O) groups excluding carboxylic acids is 1. The Morgan fingerprint density at radius 2 is 1.61 bits per heavy atom. The predicted octanol–water partition coefficient (Wildman–Crippen LogP) is 5.51. The van der Waals surface area contributed by atoms with Gasteiger partial charge in [-0.3, -0.25) is 4.57 Å². The smallest absolute Gasteiger partial charge is 0.434 e. The van der Waals surface area contributed by atoms with Crippen molar-refractivity contribution in [2.75, 3.05) is 14.2 Å². The first kappa shape index (κ1) is 20.5. The number of imidazole rings is 1. The minimum absolute atomic E-state index is 0.0244. The summed E-state index contributed by atoms with van der Waals surface area (Å²) in [5.41, 5.74) is -1.39. The van der Waals surface area contributed by atoms with Crippen molar-refractivity contribution in [3.63, 3.8) is 0 Å². The Morgan fingerprint density at radius 1 is 0.935 bits per heavy atom. The van der Waals surface area contributed by atoms with Gasteiger partial charge in [0.25, 0.3) is 0 Å². The van der Waals surface area contributed by atoms with Crippen LogP contribution in [0.25, 0.3) is 27.8 Å². The number of aromatic nitrogens is 2. The number of fused-ring (bicyclic) bond motifs is 1. The van der Waals surface area contributed by atoms with Gasteiger partial charge < -0.3 is 9.47 Å². The van der Waals surface area contributed by atoms with Gasteiger partial charge >= 0.3 is 12.1 Å². The van der Waals surface area contributed by atoms with Crippen LogP contribution in [0.15, 0.2) is 66.7 Å². The van der Waals surface area contributed by atoms with Crippen LogP contribution >= 0.6 is 0 Å². The van der Waals surface area contributed by atoms with E-state index in [1.807, 2.05) is 24.3 Å². The Bertz CT molecular complexity index is 1260. The number of esters is 1. The molecule has 0 saturated heterocycles. The van der Waals surface area contributed by atoms with Crippen LogP contribution < -0.4 is 4.74 Å². The average Bonchev–Trinajstić information content (AvgIpc) is 3.19. The quantitative estimate of drug-likeness (QED) is 0.404. The van der Waals surface area contributed by atoms with E-state index < -0.39 is 23.5 Å². The highest BCUT2D eigenvalue weighted by Gasteiger charge is 2.43. The fraction of sp³-hybridized carbons (Fsp3) is 0.130. The van der Waals surface area contributed by atoms with Crippen molar-refractivity contribution in [1.29, 1.82) is 0 Å². The van der Waals surface area contributed by atoms with Crippen LogP contribution in [0.4, 0.5) is 13.2 Å². The van der Waals surface area contributed by atoms with Crippen LogP contribution in [0.3, 0.4) is 0 Å². The van der Waals surface area contributed by atoms with Gasteiger partial charge in [0.15, 0.2) is 11.4 Å². The Hall–Kier alpha value is -3.81. The molecule has 31 heavy (non-hydrogen) atoms. The molecule has 0 bridgehead atoms. The van der Waals surface area contributed by atoms with Gasteiger partial charge in [-0.05, 0) is 41.1 Å². The van der Waals surface area contributed by atoms with Crippen LogP contribution in [0, 0.1) is 0 Å². The summed E-state index contributed by atoms with van der Waals surface area (Å²) < 4.78 is 53.0. The van der Waals surface area contributed by atoms with Crippen molar-refractivity contribution in [1.82, 2.24) is 9.55 Å². The lowest BCUT2D eigenvalue weighted by Crippen LogP contribution is -2.18. The Balaban J connectivity index is 2.04. The van der Waals surface area contributed by atoms with Crippen LogP contribution in [-0.4, -0.2) is 29.7 Å². The third-order valence-corrected chi connectivity index (χ3v) is 4.86. The fourth-order valence-corrected chi connectivity index (χ4v) is 3.43. The second-order valence-electron chi connectivity index (χ2n) is 6.72. The fourth-order valence-electron chi connectivity index (χ4n) is 3.43. The van der Waals surface area contributed by atoms with Gasteiger partial charge in [0.05, 0.1) is 14.2 Å². The molecule has 0 saturated carbocycles. The first-order chi connectivity index (χ1) is 14.8. The van der Waals surface area contributed by atoms with Crippen LogP contribution in [0.1, 0.15) is 16.2 Å². The van der Waals surface area contributed by atoms with Crippen molar-refractivity contribution in [3.8, 4) is 22.8 Å². The van der Waals surface area contributed by atoms with E-state index >= 15 is 0 Å². The summed E-state index contributed by atoms with van der Waals surface area (Å²) in [4.78, 5) is 16.3. The van der Waals surface area contributed by atoms with Crippen molar-refractivity contribution in [2.24, 2.45) is 0 Å². The molecule has 158 valence electrons. The van der Waals surface area contributed by atoms with Crippen LogP contribution in [-0.2, 0) is 10.9 Å². The molecule has 1 heterocycles. The number of alkyl halides is 3. The third kappa shape index (κ3) is 3.72. The normalized spacial score (nSPS) is 11.5. The first-order valence-electron chi connectivity index (χ1n) is 9.25. The van der Waals surface area contributed by atoms with E-state index in [1.54, 1.807) is 18.2 Å². The molecular formula is C23H17F3N2O3. The third-order valence-electron chi connectivity index (χ3n) is 4.86. The summed E-state index contributed by atoms with van der Waals surface area (Å²) in [6.07, 6.45) is -4.86. The Kier molecular flexibility index (Phi) is 5.14. The van der Waals surface area contributed by atoms with E-state index in [9.17, 15) is 18.0 Å². The number of nitrogens with zero attached hydrogens (tertiary/aromatic N) is 2. The number of hydrogen-bond acceptors (Lipinski definition) is 4. The van der Waals surface area contributed by atoms with Crippen LogP contribution in [0.2, 0.25) is 0 Å². The number of rotatable bonds is 4. The van der Waals surface area contributed by atoms with Crippen molar-refractivity contribution < 1.29 is 27.4 Å². The van der Waals surface area contributed by atoms with E-state index in [1.165, 1.54) is 31.4 Å². The summed E-state index contributed by atoms with van der Waals surface area (Å²) in [5.74, 6) is -0.705. The number of hydrogen-bond donors (Lipinski definition) is 0. The molecule has 0 spiro atoms. The molecule has 3 aromatic carbocycles. The lowest BCUT2D eigenvalue weighted by Gasteiger charge is -2.15. The highest BCUT2D eigenvalue weighted by molar-refractivity contribution is 5.91. The Morgan fingerprint density at radius 3 is 2.23 bits per heavy atom. The van der Waals surface area contributed by atoms with E-state index in [0.29, 0.717) is 11.3 Å². The van der Waals surface area contributed by atoms with Gasteiger partial charge in [-0.15, -0.1) is 0 Å². The molecule has 0 unspecified atom stereocenters. The van der Waals surface area contributed by atoms with Gasteiger partial charge in [-0.25, -0.2) is 9.78 Å². The topological polar surface area (TPSA) is 53.3 Å². The van der Waals surface area contributed by atoms with Crippen molar-refractivity contribution in [3.05, 3.63) is 78.1 Å². The highest BCUT2D eigenvalue weighted by atomic mass is 19.4. The molecule has 5 nitrogen and oxygen atoms in total. The molecule has 8 heteroatoms. The van der Waals surface area contributed by atoms with Gasteiger partial charge in [-0.2, -0.15) is 13.2 Å². The average molecular weight is 426 g/mol. The lowest BCUT2D eigenvalue weighted by molar-refractivity contribution is -0.142. The first-order valence-corrected chi connectivity index (χ1v) is 9.25. The number of halogens is 3. The number of ether oxygens (including phenoxy) is 2. The summed E-state index contributed by atoms with van der Waals surface area (Å²) >= 11 is 0. The van der Waals surface area contributed by atoms with Gasteiger partial charge in [-0.1, -0.05) is 36.4 Å². The molecule has 0 fully saturated rings. The van der Waals surface area contributed by atoms with E-state index in [4.69, 9.17) is 4.74 Å². The van der Waals surface area contributed by atoms with Gasteiger partial charge in [0, 0.05) is 11.3 Å². The maximum absolute atomic E-state index is 14.1. The zero-order chi connectivity index (χ0) is 22.2. The molecule has 0 aliphatic heterocycles. The van der Waals surface area contributed by atoms with Crippen LogP contribution in [0.5, 0.6) is 5.75 Å². The minimum atomic E-state index is -4.86. The molecule has 0 aliphatic rings. The summed E-state index contributed by atoms with van der Waals surface area (Å²) in [6.45, 7) is 0. The molecular weight excluding hydrogens is 409 g/mol. The van der Waals surface area contributed by atoms with E-state index in [0.717, 1.165) is 22.4 Å². The minimum Gasteiger partial charge on any atom is -0.497 e. The molecule has 1 aromatic heterocycles. The van der Waals surface area contributed by atoms with Gasteiger partial charge in [0.2, 0.25) is 0 Å². The summed E-state index contributed by atoms with van der Waals surface area (Å²) in [6, 6.07) is 18.7. The van der Waals surface area contributed by atoms with Crippen molar-refractivity contribution >= 4 is 16.7 Å². The molecule has 0 N–H and O–H groups in total. The lowest BCUT2D eigenvalue weighted by atomic mass is 10.1. The predicted molar refractivity (Wildman–Crippen MR) is 109 cm³/mol. The number of benzene rings is 3. The van der Waals surface area contributed by atoms with E-state index in [2.05, 4.69) is 9.72 Å². The van der Waals surface area contributed by atoms with E-state index in [-0.39, 0.29) is 11.5 Å². The molecule has 0 radical (unpaired) electrons. The summed E-state index contributed by atoms with van der Waals surface area (Å²) in [7, 11) is 2.48. The maximum atomic E-state index is 14.1. The standard InChI is InChI=1S/C23H17F3N2O3/c1-30-18-11-9-17(10-12-18)28-20(23(24,25)26)19(22(29)31-2)27-21(28)16-8-7-14-5-3-4-6-15(14)13-16/h3-13H,1-2H3. The monoisotopic (exact) mass is 426 g/mol. The second kappa shape index (κ2) is 7.79.